The summed E-state index contributed by atoms with van der Waals surface area (Å²) in [5.74, 6) is -1.20. The third-order valence-electron chi connectivity index (χ3n) is 3.72. The number of nitrogens with one attached hydrogen (secondary N) is 1. The molecule has 0 aliphatic heterocycles. The van der Waals surface area contributed by atoms with Gasteiger partial charge in [0.2, 0.25) is 0 Å². The first-order valence-electron chi connectivity index (χ1n) is 8.15. The van der Waals surface area contributed by atoms with Crippen molar-refractivity contribution in [3.8, 4) is 16.6 Å². The average molecular weight is 412 g/mol. The fourth-order valence-corrected chi connectivity index (χ4v) is 3.30. The van der Waals surface area contributed by atoms with Gasteiger partial charge in [0.1, 0.15) is 11.1 Å². The van der Waals surface area contributed by atoms with Crippen LogP contribution in [0.3, 0.4) is 0 Å². The molecule has 3 aromatic rings. The molecule has 1 heterocycles. The quantitative estimate of drug-likeness (QED) is 0.626. The van der Waals surface area contributed by atoms with Gasteiger partial charge in [-0.1, -0.05) is 41.4 Å². The first-order chi connectivity index (χ1) is 13.5. The second-order valence-electron chi connectivity index (χ2n) is 5.83. The highest BCUT2D eigenvalue weighted by molar-refractivity contribution is 7.13. The summed E-state index contributed by atoms with van der Waals surface area (Å²) in [6.07, 6.45) is 0. The van der Waals surface area contributed by atoms with Crippen molar-refractivity contribution in [2.45, 2.75) is 6.92 Å². The highest BCUT2D eigenvalue weighted by atomic mass is 35.5. The van der Waals surface area contributed by atoms with E-state index in [2.05, 4.69) is 10.3 Å². The minimum atomic E-state index is -0.678. The number of hydrogen-bond donors (Lipinski definition) is 1. The normalized spacial score (nSPS) is 10.2. The van der Waals surface area contributed by atoms with Crippen molar-refractivity contribution in [1.29, 1.82) is 5.26 Å². The third kappa shape index (κ3) is 4.74. The second kappa shape index (κ2) is 8.65. The highest BCUT2D eigenvalue weighted by Gasteiger charge is 2.15. The maximum atomic E-state index is 12.1. The van der Waals surface area contributed by atoms with E-state index in [-0.39, 0.29) is 10.7 Å². The predicted molar refractivity (Wildman–Crippen MR) is 107 cm³/mol. The van der Waals surface area contributed by atoms with Crippen LogP contribution in [0.25, 0.3) is 10.6 Å². The number of anilines is 1. The van der Waals surface area contributed by atoms with Crippen molar-refractivity contribution in [3.63, 3.8) is 0 Å². The number of thiazole rings is 1. The average Bonchev–Trinajstić information content (AvgIpc) is 3.17. The molecule has 0 saturated heterocycles. The number of amides is 1. The van der Waals surface area contributed by atoms with Gasteiger partial charge in [-0.25, -0.2) is 9.78 Å². The lowest BCUT2D eigenvalue weighted by Gasteiger charge is -2.06. The van der Waals surface area contributed by atoms with E-state index in [0.29, 0.717) is 16.3 Å². The molecule has 0 aliphatic carbocycles. The molecule has 28 heavy (non-hydrogen) atoms. The van der Waals surface area contributed by atoms with Gasteiger partial charge in [-0.05, 0) is 25.1 Å². The number of ether oxygens (including phenoxy) is 1. The van der Waals surface area contributed by atoms with Crippen molar-refractivity contribution < 1.29 is 14.3 Å². The number of carbonyl (C=O) groups is 2. The Bertz CT molecular complexity index is 1070. The van der Waals surface area contributed by atoms with Crippen LogP contribution in [0.1, 0.15) is 21.6 Å². The zero-order valence-corrected chi connectivity index (χ0v) is 16.3. The number of hydrogen-bond acceptors (Lipinski definition) is 6. The molecule has 1 N–H and O–H groups in total. The van der Waals surface area contributed by atoms with Crippen molar-refractivity contribution in [3.05, 3.63) is 69.7 Å². The van der Waals surface area contributed by atoms with E-state index < -0.39 is 18.5 Å². The van der Waals surface area contributed by atoms with Crippen LogP contribution in [0.5, 0.6) is 0 Å². The molecule has 0 saturated carbocycles. The summed E-state index contributed by atoms with van der Waals surface area (Å²) >= 11 is 7.24. The molecule has 140 valence electrons. The summed E-state index contributed by atoms with van der Waals surface area (Å²) in [6.45, 7) is 1.53. The number of aromatic nitrogens is 1. The maximum absolute atomic E-state index is 12.1. The highest BCUT2D eigenvalue weighted by Crippen LogP contribution is 2.24. The van der Waals surface area contributed by atoms with E-state index >= 15 is 0 Å². The van der Waals surface area contributed by atoms with Gasteiger partial charge in [0.25, 0.3) is 5.91 Å². The van der Waals surface area contributed by atoms with E-state index in [0.717, 1.165) is 11.1 Å². The number of halogens is 1. The Kier molecular flexibility index (Phi) is 6.04. The minimum Gasteiger partial charge on any atom is -0.451 e. The number of esters is 1. The van der Waals surface area contributed by atoms with Crippen molar-refractivity contribution in [2.24, 2.45) is 0 Å². The van der Waals surface area contributed by atoms with Crippen molar-refractivity contribution >= 4 is 40.5 Å². The number of carbonyl (C=O) groups excluding carboxylic acids is 2. The molecule has 0 fully saturated rings. The standard InChI is InChI=1S/C20H14ClN3O3S/c1-12-2-4-13(5-3-12)19-24-17(11-28-19)20(26)27-10-18(25)23-15-7-6-14(9-22)16(21)8-15/h2-8,11H,10H2,1H3,(H,23,25). The van der Waals surface area contributed by atoms with Gasteiger partial charge in [-0.3, -0.25) is 4.79 Å². The molecular formula is C20H14ClN3O3S. The van der Waals surface area contributed by atoms with Gasteiger partial charge in [0.05, 0.1) is 10.6 Å². The summed E-state index contributed by atoms with van der Waals surface area (Å²) < 4.78 is 5.01. The van der Waals surface area contributed by atoms with Gasteiger partial charge in [0, 0.05) is 16.6 Å². The zero-order valence-electron chi connectivity index (χ0n) is 14.7. The lowest BCUT2D eigenvalue weighted by molar-refractivity contribution is -0.119. The van der Waals surface area contributed by atoms with E-state index in [1.807, 2.05) is 37.3 Å². The van der Waals surface area contributed by atoms with Crippen LogP contribution >= 0.6 is 22.9 Å². The Morgan fingerprint density at radius 1 is 1.25 bits per heavy atom. The van der Waals surface area contributed by atoms with Crippen LogP contribution in [-0.4, -0.2) is 23.5 Å². The van der Waals surface area contributed by atoms with E-state index in [4.69, 9.17) is 21.6 Å². The minimum absolute atomic E-state index is 0.148. The van der Waals surface area contributed by atoms with Crippen LogP contribution in [0.2, 0.25) is 5.02 Å². The molecule has 0 aliphatic rings. The fraction of sp³-hybridized carbons (Fsp3) is 0.100. The van der Waals surface area contributed by atoms with Crippen molar-refractivity contribution in [2.75, 3.05) is 11.9 Å². The van der Waals surface area contributed by atoms with E-state index in [9.17, 15) is 9.59 Å². The Morgan fingerprint density at radius 2 is 2.00 bits per heavy atom. The molecular weight excluding hydrogens is 398 g/mol. The number of aryl methyl sites for hydroxylation is 1. The SMILES string of the molecule is Cc1ccc(-c2nc(C(=O)OCC(=O)Nc3ccc(C#N)c(Cl)c3)cs2)cc1. The molecule has 3 rings (SSSR count). The summed E-state index contributed by atoms with van der Waals surface area (Å²) in [7, 11) is 0. The van der Waals surface area contributed by atoms with Gasteiger partial charge in [0.15, 0.2) is 12.3 Å². The Hall–Kier alpha value is -3.21. The molecule has 0 spiro atoms. The summed E-state index contributed by atoms with van der Waals surface area (Å²) in [5, 5.41) is 13.9. The molecule has 0 radical (unpaired) electrons. The van der Waals surface area contributed by atoms with Gasteiger partial charge in [-0.15, -0.1) is 11.3 Å². The molecule has 0 bridgehead atoms. The first-order valence-corrected chi connectivity index (χ1v) is 9.41. The topological polar surface area (TPSA) is 92.1 Å². The maximum Gasteiger partial charge on any atom is 0.358 e. The summed E-state index contributed by atoms with van der Waals surface area (Å²) in [5.41, 5.74) is 2.90. The number of nitrogens with zero attached hydrogens (tertiary/aromatic N) is 2. The fourth-order valence-electron chi connectivity index (χ4n) is 2.28. The summed E-state index contributed by atoms with van der Waals surface area (Å²) in [4.78, 5) is 28.3. The molecule has 6 nitrogen and oxygen atoms in total. The Labute approximate surface area is 170 Å². The molecule has 1 aromatic heterocycles. The third-order valence-corrected chi connectivity index (χ3v) is 4.92. The number of rotatable bonds is 5. The van der Waals surface area contributed by atoms with Crippen LogP contribution in [0.15, 0.2) is 47.8 Å². The van der Waals surface area contributed by atoms with Crippen molar-refractivity contribution in [1.82, 2.24) is 4.98 Å². The van der Waals surface area contributed by atoms with Crippen LogP contribution in [-0.2, 0) is 9.53 Å². The monoisotopic (exact) mass is 411 g/mol. The zero-order chi connectivity index (χ0) is 20.1. The molecule has 1 amide bonds. The number of nitriles is 1. The van der Waals surface area contributed by atoms with Crippen LogP contribution < -0.4 is 5.32 Å². The summed E-state index contributed by atoms with van der Waals surface area (Å²) in [6, 6.07) is 14.2. The molecule has 8 heteroatoms. The molecule has 2 aromatic carbocycles. The molecule has 0 unspecified atom stereocenters. The lowest BCUT2D eigenvalue weighted by Crippen LogP contribution is -2.21. The van der Waals surface area contributed by atoms with E-state index in [1.54, 1.807) is 11.4 Å². The first kappa shape index (κ1) is 19.5. The Morgan fingerprint density at radius 3 is 2.68 bits per heavy atom. The lowest BCUT2D eigenvalue weighted by atomic mass is 10.2. The van der Waals surface area contributed by atoms with Crippen LogP contribution in [0.4, 0.5) is 5.69 Å². The number of benzene rings is 2. The van der Waals surface area contributed by atoms with Crippen LogP contribution in [0, 0.1) is 18.3 Å². The predicted octanol–water partition coefficient (Wildman–Crippen LogP) is 4.44. The largest absolute Gasteiger partial charge is 0.451 e. The van der Waals surface area contributed by atoms with Gasteiger partial charge >= 0.3 is 5.97 Å². The second-order valence-corrected chi connectivity index (χ2v) is 7.10. The molecule has 0 atom stereocenters. The van der Waals surface area contributed by atoms with Gasteiger partial charge < -0.3 is 10.1 Å². The van der Waals surface area contributed by atoms with Gasteiger partial charge in [-0.2, -0.15) is 5.26 Å². The van der Waals surface area contributed by atoms with E-state index in [1.165, 1.54) is 23.5 Å². The smallest absolute Gasteiger partial charge is 0.358 e. The Balaban J connectivity index is 1.57.